The molecule has 3 nitrogen and oxygen atoms in total. The smallest absolute Gasteiger partial charge is 0.160 e. The number of nitrogens with zero attached hydrogens (tertiary/aromatic N) is 1. The highest BCUT2D eigenvalue weighted by molar-refractivity contribution is 6.20. The average molecular weight is 284 g/mol. The Balaban J connectivity index is 1.92. The van der Waals surface area contributed by atoms with Gasteiger partial charge in [-0.25, -0.2) is 0 Å². The van der Waals surface area contributed by atoms with E-state index in [2.05, 4.69) is 17.0 Å². The molecule has 1 aliphatic heterocycles. The Morgan fingerprint density at radius 3 is 2.74 bits per heavy atom. The normalized spacial score (nSPS) is 20.3. The van der Waals surface area contributed by atoms with Crippen LogP contribution in [0.15, 0.2) is 18.2 Å². The molecule has 0 aromatic heterocycles. The van der Waals surface area contributed by atoms with Crippen LogP contribution in [0.25, 0.3) is 0 Å². The van der Waals surface area contributed by atoms with Crippen molar-refractivity contribution in [1.29, 1.82) is 0 Å². The molecule has 0 radical (unpaired) electrons. The number of alkyl halides is 1. The fourth-order valence-corrected chi connectivity index (χ4v) is 2.88. The summed E-state index contributed by atoms with van der Waals surface area (Å²) >= 11 is 6.20. The van der Waals surface area contributed by atoms with Gasteiger partial charge in [0.25, 0.3) is 0 Å². The first-order valence-corrected chi connectivity index (χ1v) is 7.24. The molecular weight excluding hydrogens is 262 g/mol. The quantitative estimate of drug-likeness (QED) is 0.776. The Kier molecular flexibility index (Phi) is 5.34. The minimum absolute atomic E-state index is 0.319. The lowest BCUT2D eigenvalue weighted by Crippen LogP contribution is -2.37. The zero-order valence-electron chi connectivity index (χ0n) is 11.7. The molecule has 4 heteroatoms. The van der Waals surface area contributed by atoms with Crippen molar-refractivity contribution >= 4 is 11.6 Å². The van der Waals surface area contributed by atoms with Gasteiger partial charge in [-0.1, -0.05) is 6.07 Å². The highest BCUT2D eigenvalue weighted by atomic mass is 35.5. The number of ether oxygens (including phenoxy) is 2. The lowest BCUT2D eigenvalue weighted by Gasteiger charge is -2.29. The van der Waals surface area contributed by atoms with Gasteiger partial charge in [-0.3, -0.25) is 0 Å². The molecule has 0 bridgehead atoms. The third kappa shape index (κ3) is 4.02. The van der Waals surface area contributed by atoms with Crippen LogP contribution in [0, 0.1) is 0 Å². The van der Waals surface area contributed by atoms with Gasteiger partial charge >= 0.3 is 0 Å². The zero-order valence-corrected chi connectivity index (χ0v) is 12.4. The molecule has 1 aliphatic rings. The Labute approximate surface area is 120 Å². The minimum Gasteiger partial charge on any atom is -0.493 e. The minimum atomic E-state index is 0.319. The zero-order chi connectivity index (χ0) is 13.7. The maximum atomic E-state index is 6.20. The standard InChI is InChI=1S/C15H22ClNO2/c1-18-14-6-5-12(10-15(14)19-2)7-9-17-8-3-4-13(16)11-17/h5-6,10,13H,3-4,7-9,11H2,1-2H3. The summed E-state index contributed by atoms with van der Waals surface area (Å²) < 4.78 is 10.6. The van der Waals surface area contributed by atoms with Crippen LogP contribution in [0.1, 0.15) is 18.4 Å². The van der Waals surface area contributed by atoms with Crippen molar-refractivity contribution in [1.82, 2.24) is 4.90 Å². The highest BCUT2D eigenvalue weighted by Gasteiger charge is 2.17. The maximum Gasteiger partial charge on any atom is 0.160 e. The van der Waals surface area contributed by atoms with Gasteiger partial charge in [0.1, 0.15) is 0 Å². The monoisotopic (exact) mass is 283 g/mol. The molecule has 106 valence electrons. The van der Waals surface area contributed by atoms with Crippen molar-refractivity contribution in [3.05, 3.63) is 23.8 Å². The summed E-state index contributed by atoms with van der Waals surface area (Å²) in [4.78, 5) is 2.44. The first kappa shape index (κ1) is 14.5. The maximum absolute atomic E-state index is 6.20. The van der Waals surface area contributed by atoms with E-state index in [0.717, 1.165) is 44.0 Å². The molecule has 0 N–H and O–H groups in total. The van der Waals surface area contributed by atoms with Crippen LogP contribution in [-0.2, 0) is 6.42 Å². The van der Waals surface area contributed by atoms with Crippen molar-refractivity contribution in [3.63, 3.8) is 0 Å². The molecule has 1 atom stereocenters. The summed E-state index contributed by atoms with van der Waals surface area (Å²) in [5.74, 6) is 1.58. The molecule has 0 aliphatic carbocycles. The van der Waals surface area contributed by atoms with E-state index in [1.807, 2.05) is 6.07 Å². The summed E-state index contributed by atoms with van der Waals surface area (Å²) in [6.07, 6.45) is 3.37. The first-order valence-electron chi connectivity index (χ1n) is 6.80. The van der Waals surface area contributed by atoms with Crippen LogP contribution in [0.2, 0.25) is 0 Å². The van der Waals surface area contributed by atoms with Crippen LogP contribution in [-0.4, -0.2) is 44.1 Å². The van der Waals surface area contributed by atoms with Crippen LogP contribution in [0.5, 0.6) is 11.5 Å². The number of piperidine rings is 1. The van der Waals surface area contributed by atoms with Gasteiger partial charge in [0.05, 0.1) is 14.2 Å². The number of halogens is 1. The third-order valence-corrected chi connectivity index (χ3v) is 3.97. The fourth-order valence-electron chi connectivity index (χ4n) is 2.53. The summed E-state index contributed by atoms with van der Waals surface area (Å²) in [5, 5.41) is 0.319. The second kappa shape index (κ2) is 7.01. The predicted octanol–water partition coefficient (Wildman–Crippen LogP) is 2.95. The summed E-state index contributed by atoms with van der Waals surface area (Å²) in [6.45, 7) is 3.23. The second-order valence-electron chi connectivity index (χ2n) is 4.98. The first-order chi connectivity index (χ1) is 9.22. The molecule has 1 fully saturated rings. The molecular formula is C15H22ClNO2. The summed E-state index contributed by atoms with van der Waals surface area (Å²) in [7, 11) is 3.33. The van der Waals surface area contributed by atoms with Crippen molar-refractivity contribution in [2.24, 2.45) is 0 Å². The van der Waals surface area contributed by atoms with Gasteiger partial charge in [0.15, 0.2) is 11.5 Å². The molecule has 1 heterocycles. The molecule has 1 aromatic rings. The van der Waals surface area contributed by atoms with E-state index >= 15 is 0 Å². The van der Waals surface area contributed by atoms with Gasteiger partial charge in [-0.15, -0.1) is 11.6 Å². The van der Waals surface area contributed by atoms with E-state index in [0.29, 0.717) is 5.38 Å². The predicted molar refractivity (Wildman–Crippen MR) is 78.6 cm³/mol. The van der Waals surface area contributed by atoms with Crippen molar-refractivity contribution in [2.75, 3.05) is 33.9 Å². The highest BCUT2D eigenvalue weighted by Crippen LogP contribution is 2.27. The molecule has 1 aromatic carbocycles. The van der Waals surface area contributed by atoms with Gasteiger partial charge in [-0.2, -0.15) is 0 Å². The van der Waals surface area contributed by atoms with E-state index in [-0.39, 0.29) is 0 Å². The number of benzene rings is 1. The molecule has 1 unspecified atom stereocenters. The van der Waals surface area contributed by atoms with E-state index in [1.54, 1.807) is 14.2 Å². The Bertz CT molecular complexity index is 411. The van der Waals surface area contributed by atoms with Crippen molar-refractivity contribution in [2.45, 2.75) is 24.6 Å². The van der Waals surface area contributed by atoms with Crippen LogP contribution < -0.4 is 9.47 Å². The number of rotatable bonds is 5. The molecule has 0 spiro atoms. The SMILES string of the molecule is COc1ccc(CCN2CCCC(Cl)C2)cc1OC. The fraction of sp³-hybridized carbons (Fsp3) is 0.600. The van der Waals surface area contributed by atoms with Crippen molar-refractivity contribution < 1.29 is 9.47 Å². The molecule has 1 saturated heterocycles. The van der Waals surface area contributed by atoms with Gasteiger partial charge in [-0.05, 0) is 43.5 Å². The molecule has 19 heavy (non-hydrogen) atoms. The molecule has 2 rings (SSSR count). The van der Waals surface area contributed by atoms with Gasteiger partial charge in [0, 0.05) is 18.5 Å². The number of hydrogen-bond donors (Lipinski definition) is 0. The number of likely N-dealkylation sites (tertiary alicyclic amines) is 1. The van der Waals surface area contributed by atoms with Gasteiger partial charge in [0.2, 0.25) is 0 Å². The number of methoxy groups -OCH3 is 2. The summed E-state index contributed by atoms with van der Waals surface area (Å²) in [5.41, 5.74) is 1.27. The lowest BCUT2D eigenvalue weighted by molar-refractivity contribution is 0.234. The largest absolute Gasteiger partial charge is 0.493 e. The average Bonchev–Trinajstić information content (AvgIpc) is 2.45. The molecule has 0 amide bonds. The second-order valence-corrected chi connectivity index (χ2v) is 5.60. The van der Waals surface area contributed by atoms with E-state index < -0.39 is 0 Å². The Morgan fingerprint density at radius 2 is 2.05 bits per heavy atom. The lowest BCUT2D eigenvalue weighted by atomic mass is 10.1. The van der Waals surface area contributed by atoms with E-state index in [9.17, 15) is 0 Å². The third-order valence-electron chi connectivity index (χ3n) is 3.61. The van der Waals surface area contributed by atoms with E-state index in [4.69, 9.17) is 21.1 Å². The Hall–Kier alpha value is -0.930. The van der Waals surface area contributed by atoms with Crippen LogP contribution in [0.4, 0.5) is 0 Å². The van der Waals surface area contributed by atoms with Crippen LogP contribution in [0.3, 0.4) is 0 Å². The van der Waals surface area contributed by atoms with Gasteiger partial charge < -0.3 is 14.4 Å². The number of hydrogen-bond acceptors (Lipinski definition) is 3. The molecule has 0 saturated carbocycles. The Morgan fingerprint density at radius 1 is 1.26 bits per heavy atom. The summed E-state index contributed by atoms with van der Waals surface area (Å²) in [6, 6.07) is 6.12. The van der Waals surface area contributed by atoms with Crippen LogP contribution >= 0.6 is 11.6 Å². The van der Waals surface area contributed by atoms with E-state index in [1.165, 1.54) is 12.0 Å². The van der Waals surface area contributed by atoms with Crippen molar-refractivity contribution in [3.8, 4) is 11.5 Å². The topological polar surface area (TPSA) is 21.7 Å².